The van der Waals surface area contributed by atoms with Gasteiger partial charge in [-0.15, -0.1) is 0 Å². The summed E-state index contributed by atoms with van der Waals surface area (Å²) < 4.78 is 5.23. The van der Waals surface area contributed by atoms with E-state index in [4.69, 9.17) is 4.52 Å². The summed E-state index contributed by atoms with van der Waals surface area (Å²) in [7, 11) is 0. The minimum absolute atomic E-state index is 0.144. The van der Waals surface area contributed by atoms with E-state index in [-0.39, 0.29) is 5.92 Å². The average Bonchev–Trinajstić information content (AvgIpc) is 3.23. The summed E-state index contributed by atoms with van der Waals surface area (Å²) in [6, 6.07) is 7.54. The average molecular weight is 352 g/mol. The molecular weight excluding hydrogens is 332 g/mol. The first-order valence-corrected chi connectivity index (χ1v) is 8.75. The van der Waals surface area contributed by atoms with E-state index in [1.54, 1.807) is 11.8 Å². The van der Waals surface area contributed by atoms with Crippen LogP contribution >= 0.6 is 0 Å². The molecule has 3 aromatic rings. The lowest BCUT2D eigenvalue weighted by atomic mass is 9.96. The minimum Gasteiger partial charge on any atom is -0.358 e. The van der Waals surface area contributed by atoms with Crippen LogP contribution in [0.15, 0.2) is 28.8 Å². The number of fused-ring (bicyclic) bond motifs is 1. The van der Waals surface area contributed by atoms with Gasteiger partial charge in [0.05, 0.1) is 5.56 Å². The third kappa shape index (κ3) is 2.79. The van der Waals surface area contributed by atoms with Crippen molar-refractivity contribution in [2.45, 2.75) is 32.6 Å². The number of nitrogens with zero attached hydrogens (tertiary/aromatic N) is 3. The monoisotopic (exact) mass is 352 g/mol. The Morgan fingerprint density at radius 3 is 2.62 bits per heavy atom. The van der Waals surface area contributed by atoms with Gasteiger partial charge in [0.25, 0.3) is 11.7 Å². The Balaban J connectivity index is 1.49. The van der Waals surface area contributed by atoms with Crippen molar-refractivity contribution in [1.29, 1.82) is 0 Å². The number of carbonyl (C=O) groups excluding carboxylic acids is 2. The van der Waals surface area contributed by atoms with Crippen molar-refractivity contribution in [1.82, 2.24) is 20.0 Å². The number of Topliss-reactive ketones (excluding diaryl/α,β-unsaturated/α-hetero) is 1. The number of carbonyl (C=O) groups is 2. The largest absolute Gasteiger partial charge is 0.358 e. The molecule has 0 atom stereocenters. The van der Waals surface area contributed by atoms with E-state index in [1.807, 2.05) is 31.2 Å². The Labute approximate surface area is 150 Å². The van der Waals surface area contributed by atoms with Gasteiger partial charge >= 0.3 is 0 Å². The molecule has 1 aromatic carbocycles. The molecule has 1 fully saturated rings. The first kappa shape index (κ1) is 16.5. The normalized spacial score (nSPS) is 15.5. The zero-order chi connectivity index (χ0) is 18.3. The number of aryl methyl sites for hydroxylation is 2. The highest BCUT2D eigenvalue weighted by molar-refractivity contribution is 6.45. The van der Waals surface area contributed by atoms with Crippen molar-refractivity contribution in [3.63, 3.8) is 0 Å². The van der Waals surface area contributed by atoms with Crippen molar-refractivity contribution in [3.05, 3.63) is 47.2 Å². The smallest absolute Gasteiger partial charge is 0.295 e. The fraction of sp³-hybridized carbons (Fsp3) is 0.368. The zero-order valence-electron chi connectivity index (χ0n) is 14.8. The van der Waals surface area contributed by atoms with E-state index >= 15 is 0 Å². The molecule has 1 aliphatic rings. The lowest BCUT2D eigenvalue weighted by Gasteiger charge is -2.29. The molecule has 7 heteroatoms. The second-order valence-corrected chi connectivity index (χ2v) is 6.75. The summed E-state index contributed by atoms with van der Waals surface area (Å²) in [5.74, 6) is 0.479. The molecule has 1 amide bonds. The molecule has 0 radical (unpaired) electrons. The van der Waals surface area contributed by atoms with Crippen LogP contribution in [-0.4, -0.2) is 44.8 Å². The van der Waals surface area contributed by atoms with Crippen LogP contribution in [0.3, 0.4) is 0 Å². The van der Waals surface area contributed by atoms with E-state index in [2.05, 4.69) is 15.1 Å². The highest BCUT2D eigenvalue weighted by atomic mass is 16.5. The van der Waals surface area contributed by atoms with Crippen LogP contribution in [0, 0.1) is 13.8 Å². The molecule has 0 aliphatic carbocycles. The summed E-state index contributed by atoms with van der Waals surface area (Å²) in [5, 5.41) is 4.61. The molecule has 0 saturated carbocycles. The molecule has 0 bridgehead atoms. The van der Waals surface area contributed by atoms with Crippen LogP contribution in [0.2, 0.25) is 0 Å². The summed E-state index contributed by atoms with van der Waals surface area (Å²) in [6.07, 6.45) is 1.43. The summed E-state index contributed by atoms with van der Waals surface area (Å²) >= 11 is 0. The van der Waals surface area contributed by atoms with Crippen molar-refractivity contribution in [2.75, 3.05) is 13.1 Å². The lowest BCUT2D eigenvalue weighted by molar-refractivity contribution is -0.127. The molecule has 134 valence electrons. The van der Waals surface area contributed by atoms with Gasteiger partial charge in [0.15, 0.2) is 5.82 Å². The topological polar surface area (TPSA) is 92.1 Å². The fourth-order valence-electron chi connectivity index (χ4n) is 3.63. The highest BCUT2D eigenvalue weighted by Gasteiger charge is 2.32. The van der Waals surface area contributed by atoms with Gasteiger partial charge in [-0.1, -0.05) is 23.4 Å². The Morgan fingerprint density at radius 2 is 1.92 bits per heavy atom. The van der Waals surface area contributed by atoms with E-state index < -0.39 is 11.7 Å². The third-order valence-electron chi connectivity index (χ3n) is 4.99. The Morgan fingerprint density at radius 1 is 1.19 bits per heavy atom. The molecular formula is C19H20N4O3. The van der Waals surface area contributed by atoms with Gasteiger partial charge in [0.1, 0.15) is 0 Å². The van der Waals surface area contributed by atoms with Crippen molar-refractivity contribution in [2.24, 2.45) is 0 Å². The molecule has 3 heterocycles. The number of ketones is 1. The van der Waals surface area contributed by atoms with Gasteiger partial charge in [-0.3, -0.25) is 9.59 Å². The first-order chi connectivity index (χ1) is 12.5. The minimum atomic E-state index is -0.452. The van der Waals surface area contributed by atoms with Gasteiger partial charge in [0, 0.05) is 35.6 Å². The number of nitrogens with one attached hydrogen (secondary N) is 1. The van der Waals surface area contributed by atoms with Crippen LogP contribution in [0.1, 0.15) is 46.5 Å². The maximum Gasteiger partial charge on any atom is 0.295 e. The molecule has 0 spiro atoms. The fourth-order valence-corrected chi connectivity index (χ4v) is 3.63. The molecule has 2 aromatic heterocycles. The number of hydrogen-bond acceptors (Lipinski definition) is 5. The number of rotatable bonds is 3. The molecule has 1 N–H and O–H groups in total. The number of hydrogen-bond donors (Lipinski definition) is 1. The number of piperidine rings is 1. The van der Waals surface area contributed by atoms with Crippen LogP contribution in [0.4, 0.5) is 0 Å². The molecule has 1 saturated heterocycles. The van der Waals surface area contributed by atoms with Crippen LogP contribution in [0.25, 0.3) is 10.9 Å². The van der Waals surface area contributed by atoms with Crippen LogP contribution in [-0.2, 0) is 4.79 Å². The van der Waals surface area contributed by atoms with E-state index in [9.17, 15) is 9.59 Å². The Kier molecular flexibility index (Phi) is 4.06. The Bertz CT molecular complexity index is 980. The quantitative estimate of drug-likeness (QED) is 0.578. The molecule has 26 heavy (non-hydrogen) atoms. The third-order valence-corrected chi connectivity index (χ3v) is 4.99. The van der Waals surface area contributed by atoms with Crippen LogP contribution < -0.4 is 0 Å². The lowest BCUT2D eigenvalue weighted by Crippen LogP contribution is -2.41. The number of likely N-dealkylation sites (tertiary alicyclic amines) is 1. The van der Waals surface area contributed by atoms with Crippen molar-refractivity contribution >= 4 is 22.6 Å². The number of amides is 1. The van der Waals surface area contributed by atoms with E-state index in [1.165, 1.54) is 0 Å². The molecule has 1 aliphatic heterocycles. The van der Waals surface area contributed by atoms with E-state index in [0.29, 0.717) is 43.2 Å². The number of benzene rings is 1. The summed E-state index contributed by atoms with van der Waals surface area (Å²) in [5.41, 5.74) is 2.06. The standard InChI is InChI=1S/C19H20N4O3/c1-11-16(14-5-3-4-6-15(14)20-11)17(24)19(25)23-9-7-13(8-10-23)18-21-12(2)22-26-18/h3-6,13,20H,7-10H2,1-2H3. The molecule has 4 rings (SSSR count). The van der Waals surface area contributed by atoms with Gasteiger partial charge in [-0.05, 0) is 32.8 Å². The van der Waals surface area contributed by atoms with E-state index in [0.717, 1.165) is 16.6 Å². The second kappa shape index (κ2) is 6.40. The predicted octanol–water partition coefficient (Wildman–Crippen LogP) is 2.76. The maximum atomic E-state index is 12.8. The number of aromatic nitrogens is 3. The van der Waals surface area contributed by atoms with Crippen molar-refractivity contribution < 1.29 is 14.1 Å². The SMILES string of the molecule is Cc1noc(C2CCN(C(=O)C(=O)c3c(C)[nH]c4ccccc34)CC2)n1. The van der Waals surface area contributed by atoms with Gasteiger partial charge in [-0.25, -0.2) is 0 Å². The van der Waals surface area contributed by atoms with Gasteiger partial charge < -0.3 is 14.4 Å². The van der Waals surface area contributed by atoms with Gasteiger partial charge in [0.2, 0.25) is 5.89 Å². The highest BCUT2D eigenvalue weighted by Crippen LogP contribution is 2.28. The number of para-hydroxylation sites is 1. The predicted molar refractivity (Wildman–Crippen MR) is 95.0 cm³/mol. The van der Waals surface area contributed by atoms with Gasteiger partial charge in [-0.2, -0.15) is 4.98 Å². The first-order valence-electron chi connectivity index (χ1n) is 8.75. The Hall–Kier alpha value is -2.96. The molecule has 7 nitrogen and oxygen atoms in total. The van der Waals surface area contributed by atoms with Crippen LogP contribution in [0.5, 0.6) is 0 Å². The molecule has 0 unspecified atom stereocenters. The summed E-state index contributed by atoms with van der Waals surface area (Å²) in [4.78, 5) is 34.7. The summed E-state index contributed by atoms with van der Waals surface area (Å²) in [6.45, 7) is 4.63. The number of H-pyrrole nitrogens is 1. The number of aromatic amines is 1. The second-order valence-electron chi connectivity index (χ2n) is 6.75. The van der Waals surface area contributed by atoms with Crippen molar-refractivity contribution in [3.8, 4) is 0 Å². The zero-order valence-corrected chi connectivity index (χ0v) is 14.8. The maximum absolute atomic E-state index is 12.8.